The first kappa shape index (κ1) is 15.1. The number of halogens is 3. The summed E-state index contributed by atoms with van der Waals surface area (Å²) in [6, 6.07) is 6.91. The van der Waals surface area contributed by atoms with E-state index in [0.29, 0.717) is 19.9 Å². The summed E-state index contributed by atoms with van der Waals surface area (Å²) in [7, 11) is 0. The third-order valence-electron chi connectivity index (χ3n) is 2.91. The van der Waals surface area contributed by atoms with Gasteiger partial charge in [-0.3, -0.25) is 0 Å². The van der Waals surface area contributed by atoms with Crippen LogP contribution in [0.25, 0.3) is 0 Å². The number of thiophene rings is 1. The summed E-state index contributed by atoms with van der Waals surface area (Å²) in [4.78, 5) is 0.697. The first-order valence-corrected chi connectivity index (χ1v) is 7.62. The molecule has 3 N–H and O–H groups in total. The van der Waals surface area contributed by atoms with Crippen molar-refractivity contribution < 1.29 is 5.11 Å². The summed E-state index contributed by atoms with van der Waals surface area (Å²) in [5.41, 5.74) is 6.55. The van der Waals surface area contributed by atoms with E-state index in [2.05, 4.69) is 0 Å². The zero-order chi connectivity index (χ0) is 14.0. The van der Waals surface area contributed by atoms with Crippen molar-refractivity contribution in [1.82, 2.24) is 0 Å². The van der Waals surface area contributed by atoms with Crippen LogP contribution in [0.3, 0.4) is 0 Å². The maximum Gasteiger partial charge on any atom is 0.0977 e. The fourth-order valence-electron chi connectivity index (χ4n) is 1.93. The summed E-state index contributed by atoms with van der Waals surface area (Å²) in [5, 5.41) is 13.9. The van der Waals surface area contributed by atoms with Gasteiger partial charge in [-0.05, 0) is 29.1 Å². The highest BCUT2D eigenvalue weighted by atomic mass is 35.5. The highest BCUT2D eigenvalue weighted by molar-refractivity contribution is 7.10. The Bertz CT molecular complexity index is 573. The Morgan fingerprint density at radius 2 is 1.89 bits per heavy atom. The van der Waals surface area contributed by atoms with Gasteiger partial charge in [0.15, 0.2) is 0 Å². The first-order valence-electron chi connectivity index (χ1n) is 5.60. The van der Waals surface area contributed by atoms with Gasteiger partial charge in [0.1, 0.15) is 0 Å². The van der Waals surface area contributed by atoms with Crippen LogP contribution < -0.4 is 5.73 Å². The highest BCUT2D eigenvalue weighted by Crippen LogP contribution is 2.39. The van der Waals surface area contributed by atoms with Crippen molar-refractivity contribution in [3.05, 3.63) is 55.2 Å². The second-order valence-electron chi connectivity index (χ2n) is 4.09. The lowest BCUT2D eigenvalue weighted by Crippen LogP contribution is -2.20. The SMILES string of the molecule is NCC(c1ccc(Cl)cc1Cl)C(O)c1sccc1Cl. The van der Waals surface area contributed by atoms with Gasteiger partial charge in [-0.25, -0.2) is 0 Å². The van der Waals surface area contributed by atoms with Crippen LogP contribution in [0.2, 0.25) is 15.1 Å². The van der Waals surface area contributed by atoms with E-state index in [4.69, 9.17) is 40.5 Å². The molecule has 0 radical (unpaired) electrons. The molecule has 0 bridgehead atoms. The van der Waals surface area contributed by atoms with Crippen molar-refractivity contribution in [2.24, 2.45) is 5.73 Å². The average Bonchev–Trinajstić information content (AvgIpc) is 2.78. The number of benzene rings is 1. The van der Waals surface area contributed by atoms with E-state index in [1.54, 1.807) is 24.3 Å². The van der Waals surface area contributed by atoms with Crippen LogP contribution in [-0.4, -0.2) is 11.7 Å². The fourth-order valence-corrected chi connectivity index (χ4v) is 3.69. The minimum atomic E-state index is -0.781. The van der Waals surface area contributed by atoms with Crippen LogP contribution in [0.4, 0.5) is 0 Å². The Morgan fingerprint density at radius 1 is 1.16 bits per heavy atom. The summed E-state index contributed by atoms with van der Waals surface area (Å²) in [6.07, 6.45) is -0.781. The molecule has 0 saturated carbocycles. The first-order chi connectivity index (χ1) is 9.04. The zero-order valence-electron chi connectivity index (χ0n) is 9.82. The van der Waals surface area contributed by atoms with Gasteiger partial charge in [0.2, 0.25) is 0 Å². The van der Waals surface area contributed by atoms with Crippen LogP contribution in [0.5, 0.6) is 0 Å². The molecule has 6 heteroatoms. The molecule has 102 valence electrons. The standard InChI is InChI=1S/C13H12Cl3NOS/c14-7-1-2-8(11(16)5-7)9(6-17)12(18)13-10(15)3-4-19-13/h1-5,9,12,18H,6,17H2. The van der Waals surface area contributed by atoms with Crippen molar-refractivity contribution >= 4 is 46.1 Å². The molecule has 2 aromatic rings. The fraction of sp³-hybridized carbons (Fsp3) is 0.231. The van der Waals surface area contributed by atoms with Gasteiger partial charge in [-0.15, -0.1) is 11.3 Å². The summed E-state index contributed by atoms with van der Waals surface area (Å²) in [6.45, 7) is 0.261. The molecule has 0 spiro atoms. The molecule has 0 aliphatic heterocycles. The monoisotopic (exact) mass is 335 g/mol. The van der Waals surface area contributed by atoms with Crippen molar-refractivity contribution in [2.45, 2.75) is 12.0 Å². The lowest BCUT2D eigenvalue weighted by Gasteiger charge is -2.22. The minimum Gasteiger partial charge on any atom is -0.387 e. The number of rotatable bonds is 4. The molecule has 0 aliphatic rings. The van der Waals surface area contributed by atoms with Gasteiger partial charge in [-0.2, -0.15) is 0 Å². The van der Waals surface area contributed by atoms with Gasteiger partial charge in [0.05, 0.1) is 16.0 Å². The van der Waals surface area contributed by atoms with Gasteiger partial charge in [0, 0.05) is 22.5 Å². The molecule has 0 aliphatic carbocycles. The van der Waals surface area contributed by atoms with Crippen LogP contribution in [-0.2, 0) is 0 Å². The Balaban J connectivity index is 2.37. The molecular formula is C13H12Cl3NOS. The van der Waals surface area contributed by atoms with Crippen LogP contribution >= 0.6 is 46.1 Å². The molecule has 2 rings (SSSR count). The largest absolute Gasteiger partial charge is 0.387 e. The molecule has 1 heterocycles. The zero-order valence-corrected chi connectivity index (χ0v) is 12.9. The molecular weight excluding hydrogens is 325 g/mol. The number of hydrogen-bond acceptors (Lipinski definition) is 3. The van der Waals surface area contributed by atoms with E-state index < -0.39 is 6.10 Å². The van der Waals surface area contributed by atoms with Gasteiger partial charge in [-0.1, -0.05) is 40.9 Å². The molecule has 0 fully saturated rings. The Morgan fingerprint density at radius 3 is 2.42 bits per heavy atom. The van der Waals surface area contributed by atoms with Crippen LogP contribution in [0, 0.1) is 0 Å². The molecule has 0 amide bonds. The number of aliphatic hydroxyl groups excluding tert-OH is 1. The third-order valence-corrected chi connectivity index (χ3v) is 4.90. The molecule has 1 aromatic carbocycles. The second-order valence-corrected chi connectivity index (χ2v) is 6.28. The van der Waals surface area contributed by atoms with E-state index in [1.807, 2.05) is 5.38 Å². The van der Waals surface area contributed by atoms with Crippen molar-refractivity contribution in [3.63, 3.8) is 0 Å². The van der Waals surface area contributed by atoms with Gasteiger partial charge >= 0.3 is 0 Å². The maximum atomic E-state index is 10.5. The minimum absolute atomic E-state index is 0.261. The maximum absolute atomic E-state index is 10.5. The van der Waals surface area contributed by atoms with Gasteiger partial charge in [0.25, 0.3) is 0 Å². The van der Waals surface area contributed by atoms with Crippen LogP contribution in [0.1, 0.15) is 22.5 Å². The molecule has 0 saturated heterocycles. The smallest absolute Gasteiger partial charge is 0.0977 e. The number of aliphatic hydroxyl groups is 1. The lowest BCUT2D eigenvalue weighted by atomic mass is 9.92. The Labute approximate surface area is 130 Å². The number of nitrogens with two attached hydrogens (primary N) is 1. The molecule has 19 heavy (non-hydrogen) atoms. The van der Waals surface area contributed by atoms with Crippen LogP contribution in [0.15, 0.2) is 29.6 Å². The molecule has 2 nitrogen and oxygen atoms in total. The summed E-state index contributed by atoms with van der Waals surface area (Å²) in [5.74, 6) is -0.319. The molecule has 2 unspecified atom stereocenters. The average molecular weight is 337 g/mol. The predicted octanol–water partition coefficient (Wildman–Crippen LogP) is 4.48. The Kier molecular flexibility index (Phi) is 5.12. The topological polar surface area (TPSA) is 46.2 Å². The van der Waals surface area contributed by atoms with E-state index >= 15 is 0 Å². The van der Waals surface area contributed by atoms with E-state index in [1.165, 1.54) is 11.3 Å². The van der Waals surface area contributed by atoms with E-state index in [-0.39, 0.29) is 12.5 Å². The summed E-state index contributed by atoms with van der Waals surface area (Å²) >= 11 is 19.5. The van der Waals surface area contributed by atoms with Gasteiger partial charge < -0.3 is 10.8 Å². The van der Waals surface area contributed by atoms with E-state index in [9.17, 15) is 5.11 Å². The number of hydrogen-bond donors (Lipinski definition) is 2. The van der Waals surface area contributed by atoms with Crippen molar-refractivity contribution in [1.29, 1.82) is 0 Å². The van der Waals surface area contributed by atoms with E-state index in [0.717, 1.165) is 5.56 Å². The Hall–Kier alpha value is -0.290. The second kappa shape index (κ2) is 6.44. The normalized spacial score (nSPS) is 14.4. The molecule has 2 atom stereocenters. The lowest BCUT2D eigenvalue weighted by molar-refractivity contribution is 0.151. The quantitative estimate of drug-likeness (QED) is 0.864. The highest BCUT2D eigenvalue weighted by Gasteiger charge is 2.26. The molecule has 1 aromatic heterocycles. The van der Waals surface area contributed by atoms with Crippen molar-refractivity contribution in [3.8, 4) is 0 Å². The third kappa shape index (κ3) is 3.24. The van der Waals surface area contributed by atoms with Crippen molar-refractivity contribution in [2.75, 3.05) is 6.54 Å². The summed E-state index contributed by atoms with van der Waals surface area (Å²) < 4.78 is 0. The predicted molar refractivity (Wildman–Crippen MR) is 82.5 cm³/mol.